The molecule has 1 fully saturated rings. The molecule has 33 heavy (non-hydrogen) atoms. The first-order valence-electron chi connectivity index (χ1n) is 18.5. The highest BCUT2D eigenvalue weighted by molar-refractivity contribution is 5.90. The lowest BCUT2D eigenvalue weighted by molar-refractivity contribution is -0.127. The molecule has 1 aliphatic heterocycles. The van der Waals surface area contributed by atoms with Gasteiger partial charge < -0.3 is 14.6 Å². The molecule has 2 aromatic carbocycles. The van der Waals surface area contributed by atoms with Gasteiger partial charge >= 0.3 is 0 Å². The molecule has 5 rings (SSSR count). The van der Waals surface area contributed by atoms with Crippen LogP contribution in [-0.2, 0) is 4.79 Å². The Morgan fingerprint density at radius 1 is 1.27 bits per heavy atom. The van der Waals surface area contributed by atoms with Crippen LogP contribution in [-0.4, -0.2) is 43.5 Å². The number of para-hydroxylation sites is 1. The summed E-state index contributed by atoms with van der Waals surface area (Å²) in [5.41, 5.74) is -3.41. The van der Waals surface area contributed by atoms with Gasteiger partial charge in [-0.3, -0.25) is 10.2 Å². The predicted molar refractivity (Wildman–Crippen MR) is 125 cm³/mol. The monoisotopic (exact) mass is 459 g/mol. The van der Waals surface area contributed by atoms with Crippen molar-refractivity contribution in [3.05, 3.63) is 78.8 Å². The summed E-state index contributed by atoms with van der Waals surface area (Å²) in [6, 6.07) is -12.3. The van der Waals surface area contributed by atoms with Gasteiger partial charge in [-0.25, -0.2) is 9.67 Å². The van der Waals surface area contributed by atoms with Gasteiger partial charge in [0.05, 0.1) is 34.2 Å². The van der Waals surface area contributed by atoms with E-state index in [0.717, 1.165) is 0 Å². The molecule has 0 bridgehead atoms. The number of H-pyrrole nitrogens is 1. The van der Waals surface area contributed by atoms with Crippen LogP contribution in [0.4, 0.5) is 0 Å². The Hall–Kier alpha value is -4.20. The summed E-state index contributed by atoms with van der Waals surface area (Å²) < 4.78 is 166. The van der Waals surface area contributed by atoms with E-state index in [-0.39, 0.29) is 9.58 Å². The number of rotatable bonds is 5. The molecule has 2 N–H and O–H groups in total. The summed E-state index contributed by atoms with van der Waals surface area (Å²) in [6.45, 7) is -4.53. The van der Waals surface area contributed by atoms with Crippen LogP contribution in [0.3, 0.4) is 0 Å². The highest BCUT2D eigenvalue weighted by atomic mass is 16.5. The second kappa shape index (κ2) is 8.74. The Morgan fingerprint density at radius 3 is 2.79 bits per heavy atom. The molecule has 1 saturated heterocycles. The van der Waals surface area contributed by atoms with Crippen molar-refractivity contribution in [3.63, 3.8) is 0 Å². The zero-order chi connectivity index (χ0) is 39.6. The number of piperidine rings is 1. The number of carbonyl (C=O) groups is 1. The van der Waals surface area contributed by atoms with Gasteiger partial charge in [-0.05, 0) is 55.1 Å². The fraction of sp³-hybridized carbons (Fsp3) is 0.200. The minimum Gasteiger partial charge on any atom is -0.457 e. The largest absolute Gasteiger partial charge is 0.457 e. The first-order chi connectivity index (χ1) is 23.7. The second-order valence-corrected chi connectivity index (χ2v) is 6.14. The average Bonchev–Trinajstić information content (AvgIpc) is 3.43. The third kappa shape index (κ3) is 4.03. The van der Waals surface area contributed by atoms with Crippen molar-refractivity contribution >= 4 is 16.9 Å². The molecule has 3 heterocycles. The highest BCUT2D eigenvalue weighted by Gasteiger charge is 2.27. The normalized spacial score (nSPS) is 32.6. The molecule has 166 valence electrons. The van der Waals surface area contributed by atoms with Crippen LogP contribution in [0.15, 0.2) is 73.3 Å². The average molecular weight is 460 g/mol. The van der Waals surface area contributed by atoms with E-state index < -0.39 is 138 Å². The standard InChI is InChI=1S/C25H24N6O2/c1-2-21(32)30-14-6-7-18(15-30)31-25-22(24(26)27-16-28-25)23(29-31)17-10-12-20(13-11-17)33-19-8-4-3-5-9-19/h2-5,8-13,16,18H,1,6-7,14-15H2,(H2,26,27,28)/t18-/m1/s1/i3D,4D,5D,6D2,7D2,8D,9D,10D,11D,12D,13D,14D2,15D2,16D,18D. The van der Waals surface area contributed by atoms with Crippen LogP contribution in [0.5, 0.6) is 11.5 Å². The summed E-state index contributed by atoms with van der Waals surface area (Å²) in [4.78, 5) is 18.4. The van der Waals surface area contributed by atoms with Crippen molar-refractivity contribution in [2.24, 2.45) is 0 Å². The molecule has 0 radical (unpaired) electrons. The number of carbonyl (C=O) groups excluding carboxylic acids is 1. The van der Waals surface area contributed by atoms with E-state index in [1.807, 2.05) is 0 Å². The molecule has 1 aliphatic rings. The molecule has 0 saturated carbocycles. The van der Waals surface area contributed by atoms with E-state index in [1.165, 1.54) is 0 Å². The zero-order valence-electron chi connectivity index (χ0n) is 35.4. The van der Waals surface area contributed by atoms with E-state index in [0.29, 0.717) is 6.08 Å². The van der Waals surface area contributed by atoms with Gasteiger partial charge in [0.15, 0.2) is 5.49 Å². The molecule has 0 spiro atoms. The summed E-state index contributed by atoms with van der Waals surface area (Å²) >= 11 is 0. The fourth-order valence-electron chi connectivity index (χ4n) is 2.76. The van der Waals surface area contributed by atoms with Gasteiger partial charge in [-0.1, -0.05) is 24.7 Å². The van der Waals surface area contributed by atoms with Gasteiger partial charge in [-0.2, -0.15) is 5.10 Å². The number of amides is 1. The van der Waals surface area contributed by atoms with E-state index in [2.05, 4.69) is 21.6 Å². The van der Waals surface area contributed by atoms with Crippen molar-refractivity contribution in [2.45, 2.75) is 18.8 Å². The predicted octanol–water partition coefficient (Wildman–Crippen LogP) is 4.05. The van der Waals surface area contributed by atoms with Crippen molar-refractivity contribution in [1.82, 2.24) is 24.6 Å². The molecule has 4 aromatic rings. The lowest BCUT2D eigenvalue weighted by Crippen LogP contribution is -2.40. The minimum absolute atomic E-state index is 0.0785. The molecule has 2 aromatic heterocycles. The first-order valence-corrected chi connectivity index (χ1v) is 9.05. The van der Waals surface area contributed by atoms with Crippen LogP contribution >= 0.6 is 0 Å². The topological polar surface area (TPSA) is 99.9 Å². The van der Waals surface area contributed by atoms with Gasteiger partial charge in [-0.15, -0.1) is 0 Å². The molecule has 0 unspecified atom stereocenters. The van der Waals surface area contributed by atoms with Gasteiger partial charge in [0.1, 0.15) is 24.2 Å². The van der Waals surface area contributed by atoms with Crippen LogP contribution in [0.2, 0.25) is 0 Å². The number of aromatic amines is 1. The summed E-state index contributed by atoms with van der Waals surface area (Å²) in [5, 5.41) is 11.8. The van der Waals surface area contributed by atoms with E-state index in [1.54, 1.807) is 0 Å². The fourth-order valence-corrected chi connectivity index (χ4v) is 2.76. The Labute approximate surface area is 217 Å². The number of hydrogen-bond acceptors (Lipinski definition) is 5. The number of nitrogens with zero attached hydrogens (tertiary/aromatic N) is 4. The molecule has 8 nitrogen and oxygen atoms in total. The maximum Gasteiger partial charge on any atom is 0.246 e. The lowest BCUT2D eigenvalue weighted by Gasteiger charge is -2.32. The molecule has 8 heteroatoms. The number of aromatic nitrogens is 4. The second-order valence-electron chi connectivity index (χ2n) is 6.14. The van der Waals surface area contributed by atoms with Gasteiger partial charge in [0.2, 0.25) is 5.91 Å². The number of benzene rings is 2. The summed E-state index contributed by atoms with van der Waals surface area (Å²) in [6.07, 6.45) is -8.39. The SMILES string of the molecule is [2H]c1nc(=N)c2c(-c3c([2H])c([2H])c(Oc4c([2H])c([2H])c([2H])c([2H])c4[2H])c([2H])c3[2H])nn([C@@]3([2H])C([2H])([2H])N(C(=O)C=C)C([2H])([2H])C([2H])([2H])C3([2H])[2H])c2[nH]1. The molecular weight excluding hydrogens is 416 g/mol. The maximum absolute atomic E-state index is 12.9. The van der Waals surface area contributed by atoms with Crippen molar-refractivity contribution < 1.29 is 35.6 Å². The number of hydrogen-bond donors (Lipinski definition) is 2. The highest BCUT2D eigenvalue weighted by Crippen LogP contribution is 2.31. The van der Waals surface area contributed by atoms with E-state index >= 15 is 0 Å². The first kappa shape index (κ1) is 8.30. The Balaban J connectivity index is 1.88. The molecular formula is C25H24N6O2. The summed E-state index contributed by atoms with van der Waals surface area (Å²) in [7, 11) is 0. The number of nitrogens with one attached hydrogen (secondary N) is 2. The Bertz CT molecular complexity index is 2250. The quantitative estimate of drug-likeness (QED) is 0.440. The smallest absolute Gasteiger partial charge is 0.246 e. The van der Waals surface area contributed by atoms with Gasteiger partial charge in [0, 0.05) is 26.8 Å². The van der Waals surface area contributed by atoms with Gasteiger partial charge in [0.25, 0.3) is 0 Å². The third-order valence-corrected chi connectivity index (χ3v) is 4.16. The summed E-state index contributed by atoms with van der Waals surface area (Å²) in [5.74, 6) is -3.39. The molecule has 0 aliphatic carbocycles. The number of fused-ring (bicyclic) bond motifs is 1. The third-order valence-electron chi connectivity index (χ3n) is 4.16. The number of ether oxygens (including phenoxy) is 1. The molecule has 1 atom stereocenters. The zero-order valence-corrected chi connectivity index (χ0v) is 16.4. The van der Waals surface area contributed by atoms with Crippen molar-refractivity contribution in [3.8, 4) is 22.8 Å². The van der Waals surface area contributed by atoms with Crippen molar-refractivity contribution in [2.75, 3.05) is 13.0 Å². The van der Waals surface area contributed by atoms with Crippen LogP contribution in [0, 0.1) is 5.41 Å². The van der Waals surface area contributed by atoms with E-state index in [4.69, 9.17) is 34.8 Å². The minimum atomic E-state index is -4.00. The van der Waals surface area contributed by atoms with Crippen LogP contribution in [0.1, 0.15) is 44.8 Å². The lowest BCUT2D eigenvalue weighted by atomic mass is 10.1. The van der Waals surface area contributed by atoms with Crippen LogP contribution in [0.25, 0.3) is 22.3 Å². The Kier molecular flexibility index (Phi) is 2.20. The van der Waals surface area contributed by atoms with Crippen molar-refractivity contribution in [1.29, 1.82) is 5.41 Å². The number of likely N-dealkylation sites (tertiary alicyclic amines) is 1. The Morgan fingerprint density at radius 2 is 2.03 bits per heavy atom. The molecule has 1 amide bonds. The van der Waals surface area contributed by atoms with E-state index in [9.17, 15) is 6.17 Å². The maximum atomic E-state index is 12.9. The van der Waals surface area contributed by atoms with Crippen LogP contribution < -0.4 is 10.2 Å².